The van der Waals surface area contributed by atoms with E-state index in [0.717, 1.165) is 16.6 Å². The maximum atomic E-state index is 12.8. The summed E-state index contributed by atoms with van der Waals surface area (Å²) in [4.78, 5) is 26.7. The van der Waals surface area contributed by atoms with Crippen molar-refractivity contribution in [2.45, 2.75) is 45.8 Å². The second-order valence-electron chi connectivity index (χ2n) is 9.00. The van der Waals surface area contributed by atoms with Crippen molar-refractivity contribution in [1.29, 1.82) is 0 Å². The van der Waals surface area contributed by atoms with Gasteiger partial charge in [-0.05, 0) is 38.0 Å². The van der Waals surface area contributed by atoms with Crippen LogP contribution in [0.15, 0.2) is 30.6 Å². The van der Waals surface area contributed by atoms with E-state index in [1.54, 1.807) is 26.7 Å². The van der Waals surface area contributed by atoms with Gasteiger partial charge < -0.3 is 15.3 Å². The summed E-state index contributed by atoms with van der Waals surface area (Å²) in [5.74, 6) is -0.206. The Morgan fingerprint density at radius 1 is 1.19 bits per heavy atom. The molecule has 0 bridgehead atoms. The lowest BCUT2D eigenvalue weighted by molar-refractivity contribution is -0.118. The number of nitrogens with zero attached hydrogens (tertiary/aromatic N) is 5. The second kappa shape index (κ2) is 8.38. The van der Waals surface area contributed by atoms with Crippen LogP contribution in [0.5, 0.6) is 0 Å². The van der Waals surface area contributed by atoms with Gasteiger partial charge in [-0.2, -0.15) is 10.2 Å². The minimum atomic E-state index is -0.961. The second-order valence-corrected chi connectivity index (χ2v) is 9.00. The van der Waals surface area contributed by atoms with Crippen LogP contribution >= 0.6 is 0 Å². The highest BCUT2D eigenvalue weighted by Crippen LogP contribution is 2.28. The first-order valence-electron chi connectivity index (χ1n) is 10.9. The fourth-order valence-corrected chi connectivity index (χ4v) is 4.00. The minimum absolute atomic E-state index is 0.0464. The third kappa shape index (κ3) is 4.25. The van der Waals surface area contributed by atoms with Crippen molar-refractivity contribution < 1.29 is 14.7 Å². The fraction of sp³-hybridized carbons (Fsp3) is 0.478. The predicted molar refractivity (Wildman–Crippen MR) is 121 cm³/mol. The number of aryl methyl sites for hydroxylation is 1. The van der Waals surface area contributed by atoms with E-state index in [1.807, 2.05) is 46.0 Å². The smallest absolute Gasteiger partial charge is 0.257 e. The topological polar surface area (TPSA) is 105 Å². The molecule has 1 aromatic carbocycles. The van der Waals surface area contributed by atoms with Gasteiger partial charge in [0.15, 0.2) is 0 Å². The highest BCUT2D eigenvalue weighted by atomic mass is 16.3. The van der Waals surface area contributed by atoms with Gasteiger partial charge in [-0.1, -0.05) is 13.8 Å². The van der Waals surface area contributed by atoms with Crippen molar-refractivity contribution in [3.8, 4) is 0 Å². The Hall–Kier alpha value is -3.20. The zero-order valence-electron chi connectivity index (χ0n) is 19.0. The third-order valence-corrected chi connectivity index (χ3v) is 6.33. The molecule has 1 aliphatic heterocycles. The molecule has 0 saturated carbocycles. The predicted octanol–water partition coefficient (Wildman–Crippen LogP) is 2.34. The lowest BCUT2D eigenvalue weighted by Gasteiger charge is -2.38. The van der Waals surface area contributed by atoms with Gasteiger partial charge in [0.2, 0.25) is 5.91 Å². The Balaban J connectivity index is 1.46. The monoisotopic (exact) mass is 438 g/mol. The number of hydrogen-bond donors (Lipinski definition) is 2. The first-order chi connectivity index (χ1) is 15.2. The lowest BCUT2D eigenvalue weighted by atomic mass is 9.91. The zero-order chi connectivity index (χ0) is 23.0. The molecule has 1 fully saturated rings. The number of likely N-dealkylation sites (tertiary alicyclic amines) is 1. The summed E-state index contributed by atoms with van der Waals surface area (Å²) in [6.45, 7) is 6.84. The van der Waals surface area contributed by atoms with Crippen LogP contribution in [-0.4, -0.2) is 60.1 Å². The van der Waals surface area contributed by atoms with E-state index in [2.05, 4.69) is 15.5 Å². The molecule has 1 saturated heterocycles. The number of carbonyl (C=O) groups is 2. The van der Waals surface area contributed by atoms with Crippen molar-refractivity contribution in [2.24, 2.45) is 13.0 Å². The normalized spacial score (nSPS) is 16.0. The number of aliphatic hydroxyl groups is 1. The quantitative estimate of drug-likeness (QED) is 0.636. The molecule has 4 rings (SSSR count). The van der Waals surface area contributed by atoms with Gasteiger partial charge in [0.1, 0.15) is 0 Å². The van der Waals surface area contributed by atoms with Crippen LogP contribution in [0, 0.1) is 12.8 Å². The van der Waals surface area contributed by atoms with Crippen molar-refractivity contribution in [1.82, 2.24) is 24.5 Å². The minimum Gasteiger partial charge on any atom is -0.388 e. The Morgan fingerprint density at radius 2 is 1.91 bits per heavy atom. The molecule has 0 unspecified atom stereocenters. The zero-order valence-corrected chi connectivity index (χ0v) is 19.0. The van der Waals surface area contributed by atoms with E-state index < -0.39 is 5.60 Å². The molecule has 2 aromatic heterocycles. The molecule has 3 heterocycles. The first kappa shape index (κ1) is 22.0. The van der Waals surface area contributed by atoms with Gasteiger partial charge in [-0.3, -0.25) is 19.0 Å². The summed E-state index contributed by atoms with van der Waals surface area (Å²) in [6, 6.07) is 5.65. The number of benzene rings is 1. The average Bonchev–Trinajstić information content (AvgIpc) is 3.30. The van der Waals surface area contributed by atoms with Crippen LogP contribution in [0.2, 0.25) is 0 Å². The number of piperidine rings is 1. The molecule has 0 spiro atoms. The summed E-state index contributed by atoms with van der Waals surface area (Å²) in [5, 5.41) is 23.7. The van der Waals surface area contributed by atoms with Crippen LogP contribution in [0.25, 0.3) is 10.9 Å². The number of nitrogens with one attached hydrogen (secondary N) is 1. The molecule has 32 heavy (non-hydrogen) atoms. The molecule has 9 heteroatoms. The molecule has 0 aliphatic carbocycles. The third-order valence-electron chi connectivity index (χ3n) is 6.33. The standard InChI is InChI=1S/C23H30N6O3/c1-15(2)21(30)26-18-6-5-17-12-25-29(20(17)11-18)14-23(32)7-9-28(10-8-23)22(31)19-13-24-27(4)16(19)3/h5-6,11-13,15,32H,7-10,14H2,1-4H3,(H,26,30). The van der Waals surface area contributed by atoms with Gasteiger partial charge in [-0.25, -0.2) is 0 Å². The molecular formula is C23H30N6O3. The molecule has 1 aliphatic rings. The Labute approximate surface area is 187 Å². The summed E-state index contributed by atoms with van der Waals surface area (Å²) in [6.07, 6.45) is 4.28. The highest BCUT2D eigenvalue weighted by Gasteiger charge is 2.35. The number of hydrogen-bond acceptors (Lipinski definition) is 5. The van der Waals surface area contributed by atoms with E-state index in [9.17, 15) is 14.7 Å². The van der Waals surface area contributed by atoms with E-state index in [0.29, 0.717) is 43.7 Å². The molecule has 170 valence electrons. The van der Waals surface area contributed by atoms with E-state index in [-0.39, 0.29) is 17.7 Å². The summed E-state index contributed by atoms with van der Waals surface area (Å²) in [7, 11) is 1.81. The van der Waals surface area contributed by atoms with Crippen LogP contribution < -0.4 is 5.32 Å². The number of carbonyl (C=O) groups excluding carboxylic acids is 2. The summed E-state index contributed by atoms with van der Waals surface area (Å²) < 4.78 is 3.47. The molecule has 9 nitrogen and oxygen atoms in total. The Bertz CT molecular complexity index is 1150. The van der Waals surface area contributed by atoms with Gasteiger partial charge in [0, 0.05) is 42.8 Å². The number of aromatic nitrogens is 4. The van der Waals surface area contributed by atoms with Crippen LogP contribution in [0.3, 0.4) is 0 Å². The van der Waals surface area contributed by atoms with Crippen LogP contribution in [-0.2, 0) is 18.4 Å². The number of fused-ring (bicyclic) bond motifs is 1. The molecule has 2 amide bonds. The van der Waals surface area contributed by atoms with Crippen molar-refractivity contribution in [3.05, 3.63) is 41.9 Å². The largest absolute Gasteiger partial charge is 0.388 e. The van der Waals surface area contributed by atoms with Crippen LogP contribution in [0.4, 0.5) is 5.69 Å². The average molecular weight is 439 g/mol. The fourth-order valence-electron chi connectivity index (χ4n) is 4.00. The van der Waals surface area contributed by atoms with E-state index in [4.69, 9.17) is 0 Å². The summed E-state index contributed by atoms with van der Waals surface area (Å²) >= 11 is 0. The summed E-state index contributed by atoms with van der Waals surface area (Å²) in [5.41, 5.74) is 2.03. The van der Waals surface area contributed by atoms with Gasteiger partial charge >= 0.3 is 0 Å². The van der Waals surface area contributed by atoms with Crippen molar-refractivity contribution >= 4 is 28.4 Å². The highest BCUT2D eigenvalue weighted by molar-refractivity contribution is 5.95. The van der Waals surface area contributed by atoms with E-state index >= 15 is 0 Å². The number of anilines is 1. The number of amides is 2. The Morgan fingerprint density at radius 3 is 2.53 bits per heavy atom. The molecule has 0 atom stereocenters. The first-order valence-corrected chi connectivity index (χ1v) is 10.9. The van der Waals surface area contributed by atoms with Gasteiger partial charge in [0.25, 0.3) is 5.91 Å². The molecular weight excluding hydrogens is 408 g/mol. The molecule has 0 radical (unpaired) electrons. The Kier molecular flexibility index (Phi) is 5.77. The van der Waals surface area contributed by atoms with Gasteiger partial charge in [0.05, 0.1) is 35.6 Å². The maximum Gasteiger partial charge on any atom is 0.257 e. The van der Waals surface area contributed by atoms with E-state index in [1.165, 1.54) is 0 Å². The van der Waals surface area contributed by atoms with Crippen molar-refractivity contribution in [2.75, 3.05) is 18.4 Å². The van der Waals surface area contributed by atoms with Crippen molar-refractivity contribution in [3.63, 3.8) is 0 Å². The van der Waals surface area contributed by atoms with Gasteiger partial charge in [-0.15, -0.1) is 0 Å². The maximum absolute atomic E-state index is 12.8. The molecule has 2 N–H and O–H groups in total. The lowest BCUT2D eigenvalue weighted by Crippen LogP contribution is -2.48. The molecule has 3 aromatic rings. The number of rotatable bonds is 5. The SMILES string of the molecule is Cc1c(C(=O)N2CCC(O)(Cn3ncc4ccc(NC(=O)C(C)C)cc43)CC2)cnn1C. The van der Waals surface area contributed by atoms with Crippen LogP contribution in [0.1, 0.15) is 42.7 Å².